The molecule has 1 unspecified atom stereocenters. The predicted octanol–water partition coefficient (Wildman–Crippen LogP) is 2.68. The molecule has 1 aliphatic heterocycles. The quantitative estimate of drug-likeness (QED) is 0.459. The van der Waals surface area contributed by atoms with Gasteiger partial charge >= 0.3 is 0 Å². The van der Waals surface area contributed by atoms with Gasteiger partial charge in [0.2, 0.25) is 15.2 Å². The van der Waals surface area contributed by atoms with Gasteiger partial charge in [0, 0.05) is 55.3 Å². The van der Waals surface area contributed by atoms with Crippen molar-refractivity contribution in [2.45, 2.75) is 39.2 Å². The molecule has 1 aliphatic rings. The molecule has 0 radical (unpaired) electrons. The van der Waals surface area contributed by atoms with Crippen LogP contribution in [0.4, 0.5) is 10.8 Å². The summed E-state index contributed by atoms with van der Waals surface area (Å²) < 4.78 is 30.8. The number of benzene rings is 1. The lowest BCUT2D eigenvalue weighted by atomic mass is 10.1. The van der Waals surface area contributed by atoms with E-state index in [0.717, 1.165) is 11.6 Å². The molecule has 0 bridgehead atoms. The predicted molar refractivity (Wildman–Crippen MR) is 113 cm³/mol. The highest BCUT2D eigenvalue weighted by molar-refractivity contribution is 7.89. The van der Waals surface area contributed by atoms with Gasteiger partial charge in [-0.1, -0.05) is 31.5 Å². The minimum absolute atomic E-state index is 0.0213. The number of piperazine rings is 1. The molecule has 0 N–H and O–H groups in total. The van der Waals surface area contributed by atoms with Crippen LogP contribution < -0.4 is 4.90 Å². The van der Waals surface area contributed by atoms with Gasteiger partial charge in [0.15, 0.2) is 0 Å². The van der Waals surface area contributed by atoms with E-state index in [2.05, 4.69) is 14.3 Å². The second kappa shape index (κ2) is 9.14. The minimum atomic E-state index is -3.22. The Balaban J connectivity index is 1.68. The van der Waals surface area contributed by atoms with Crippen LogP contribution in [-0.2, 0) is 16.4 Å². The molecule has 3 rings (SSSR count). The largest absolute Gasteiger partial charge is 0.342 e. The maximum atomic E-state index is 12.5. The fourth-order valence-corrected chi connectivity index (χ4v) is 5.89. The highest BCUT2D eigenvalue weighted by atomic mass is 32.2. The van der Waals surface area contributed by atoms with Crippen LogP contribution in [-0.4, -0.2) is 58.4 Å². The molecule has 0 spiro atoms. The number of nitro groups is 1. The zero-order valence-electron chi connectivity index (χ0n) is 16.5. The van der Waals surface area contributed by atoms with Crippen molar-refractivity contribution in [3.8, 4) is 0 Å². The Bertz CT molecular complexity index is 963. The van der Waals surface area contributed by atoms with Gasteiger partial charge in [0.25, 0.3) is 5.69 Å². The van der Waals surface area contributed by atoms with E-state index in [4.69, 9.17) is 0 Å². The summed E-state index contributed by atoms with van der Waals surface area (Å²) >= 11 is 1.24. The fourth-order valence-electron chi connectivity index (χ4n) is 3.36. The van der Waals surface area contributed by atoms with Gasteiger partial charge in [0.1, 0.15) is 5.82 Å². The van der Waals surface area contributed by atoms with Gasteiger partial charge in [0.05, 0.1) is 10.7 Å². The molecule has 158 valence electrons. The summed E-state index contributed by atoms with van der Waals surface area (Å²) in [6, 6.07) is 6.56. The molecule has 2 heterocycles. The summed E-state index contributed by atoms with van der Waals surface area (Å²) in [5.41, 5.74) is 0.629. The minimum Gasteiger partial charge on any atom is -0.342 e. The standard InChI is InChI=1S/C18H25N5O4S2/c1-3-4-11-29(26,27)21-9-10-22(14(2)13-21)18-19-17(20-28-18)12-15-7-5-6-8-16(15)23(24)25/h5-8,14H,3-4,9-13H2,1-2H3. The Morgan fingerprint density at radius 1 is 1.31 bits per heavy atom. The lowest BCUT2D eigenvalue weighted by molar-refractivity contribution is -0.385. The van der Waals surface area contributed by atoms with E-state index in [1.54, 1.807) is 22.5 Å². The van der Waals surface area contributed by atoms with Crippen molar-refractivity contribution < 1.29 is 13.3 Å². The first kappa shape index (κ1) is 21.6. The number of nitrogens with zero attached hydrogens (tertiary/aromatic N) is 5. The normalized spacial score (nSPS) is 18.1. The molecule has 1 aromatic heterocycles. The lowest BCUT2D eigenvalue weighted by Crippen LogP contribution is -2.54. The van der Waals surface area contributed by atoms with Crippen molar-refractivity contribution in [1.29, 1.82) is 0 Å². The maximum absolute atomic E-state index is 12.5. The average molecular weight is 440 g/mol. The third kappa shape index (κ3) is 5.09. The molecule has 11 heteroatoms. The van der Waals surface area contributed by atoms with Crippen molar-refractivity contribution in [1.82, 2.24) is 13.7 Å². The van der Waals surface area contributed by atoms with Crippen molar-refractivity contribution in [2.24, 2.45) is 0 Å². The average Bonchev–Trinajstić information content (AvgIpc) is 3.14. The third-order valence-corrected chi connectivity index (χ3v) is 7.69. The molecule has 1 fully saturated rings. The highest BCUT2D eigenvalue weighted by Gasteiger charge is 2.32. The summed E-state index contributed by atoms with van der Waals surface area (Å²) in [7, 11) is -3.22. The van der Waals surface area contributed by atoms with E-state index in [1.165, 1.54) is 17.6 Å². The zero-order chi connectivity index (χ0) is 21.0. The maximum Gasteiger partial charge on any atom is 0.273 e. The lowest BCUT2D eigenvalue weighted by Gasteiger charge is -2.38. The van der Waals surface area contributed by atoms with Crippen molar-refractivity contribution >= 4 is 32.4 Å². The molecule has 9 nitrogen and oxygen atoms in total. The zero-order valence-corrected chi connectivity index (χ0v) is 18.2. The molecule has 1 atom stereocenters. The van der Waals surface area contributed by atoms with Crippen LogP contribution in [0.1, 0.15) is 38.1 Å². The Kier molecular flexibility index (Phi) is 6.81. The number of para-hydroxylation sites is 1. The fraction of sp³-hybridized carbons (Fsp3) is 0.556. The first-order chi connectivity index (χ1) is 13.8. The van der Waals surface area contributed by atoms with Gasteiger partial charge in [-0.25, -0.2) is 13.4 Å². The summed E-state index contributed by atoms with van der Waals surface area (Å²) in [5, 5.41) is 11.9. The second-order valence-corrected chi connectivity index (χ2v) is 9.94. The molecular formula is C18H25N5O4S2. The van der Waals surface area contributed by atoms with E-state index < -0.39 is 14.9 Å². The van der Waals surface area contributed by atoms with Crippen LogP contribution in [0.25, 0.3) is 0 Å². The van der Waals surface area contributed by atoms with Crippen LogP contribution in [0, 0.1) is 10.1 Å². The highest BCUT2D eigenvalue weighted by Crippen LogP contribution is 2.26. The molecule has 0 amide bonds. The van der Waals surface area contributed by atoms with Crippen LogP contribution >= 0.6 is 11.5 Å². The molecule has 2 aromatic rings. The van der Waals surface area contributed by atoms with Crippen molar-refractivity contribution in [3.05, 3.63) is 45.8 Å². The Morgan fingerprint density at radius 2 is 2.07 bits per heavy atom. The topological polar surface area (TPSA) is 110 Å². The van der Waals surface area contributed by atoms with Gasteiger partial charge < -0.3 is 4.90 Å². The van der Waals surface area contributed by atoms with Gasteiger partial charge in [-0.15, -0.1) is 0 Å². The number of rotatable bonds is 8. The van der Waals surface area contributed by atoms with Crippen molar-refractivity contribution in [3.63, 3.8) is 0 Å². The van der Waals surface area contributed by atoms with E-state index >= 15 is 0 Å². The Labute approximate surface area is 174 Å². The number of nitro benzene ring substituents is 1. The number of hydrogen-bond donors (Lipinski definition) is 0. The van der Waals surface area contributed by atoms with E-state index in [0.29, 0.717) is 37.4 Å². The Hall–Kier alpha value is -2.11. The number of sulfonamides is 1. The summed E-state index contributed by atoms with van der Waals surface area (Å²) in [6.45, 7) is 5.35. The number of aromatic nitrogens is 2. The molecule has 29 heavy (non-hydrogen) atoms. The monoisotopic (exact) mass is 439 g/mol. The van der Waals surface area contributed by atoms with E-state index in [-0.39, 0.29) is 23.9 Å². The summed E-state index contributed by atoms with van der Waals surface area (Å²) in [4.78, 5) is 17.4. The molecule has 1 aromatic carbocycles. The van der Waals surface area contributed by atoms with Crippen LogP contribution in [0.3, 0.4) is 0 Å². The van der Waals surface area contributed by atoms with E-state index in [9.17, 15) is 18.5 Å². The van der Waals surface area contributed by atoms with Gasteiger partial charge in [-0.2, -0.15) is 8.68 Å². The molecular weight excluding hydrogens is 414 g/mol. The van der Waals surface area contributed by atoms with Gasteiger partial charge in [-0.3, -0.25) is 10.1 Å². The van der Waals surface area contributed by atoms with E-state index in [1.807, 2.05) is 13.8 Å². The Morgan fingerprint density at radius 3 is 2.76 bits per heavy atom. The first-order valence-electron chi connectivity index (χ1n) is 9.61. The molecule has 0 aliphatic carbocycles. The smallest absolute Gasteiger partial charge is 0.273 e. The number of hydrogen-bond acceptors (Lipinski definition) is 8. The van der Waals surface area contributed by atoms with Gasteiger partial charge in [-0.05, 0) is 13.3 Å². The summed E-state index contributed by atoms with van der Waals surface area (Å²) in [6.07, 6.45) is 1.80. The van der Waals surface area contributed by atoms with Crippen molar-refractivity contribution in [2.75, 3.05) is 30.3 Å². The van der Waals surface area contributed by atoms with Crippen LogP contribution in [0.15, 0.2) is 24.3 Å². The van der Waals surface area contributed by atoms with Crippen LogP contribution in [0.5, 0.6) is 0 Å². The number of unbranched alkanes of at least 4 members (excludes halogenated alkanes) is 1. The number of anilines is 1. The summed E-state index contributed by atoms with van der Waals surface area (Å²) in [5.74, 6) is 0.721. The van der Waals surface area contributed by atoms with Crippen LogP contribution in [0.2, 0.25) is 0 Å². The molecule has 0 saturated carbocycles. The second-order valence-electron chi connectivity index (χ2n) is 7.13. The SMILES string of the molecule is CCCCS(=O)(=O)N1CCN(c2nc(Cc3ccccc3[N+](=O)[O-])ns2)C(C)C1. The first-order valence-corrected chi connectivity index (χ1v) is 12.0. The third-order valence-electron chi connectivity index (χ3n) is 4.98. The molecule has 1 saturated heterocycles.